The number of hydrogen-bond acceptors (Lipinski definition) is 3. The molecule has 1 fully saturated rings. The lowest BCUT2D eigenvalue weighted by Crippen LogP contribution is -2.47. The van der Waals surface area contributed by atoms with Crippen molar-refractivity contribution in [1.29, 1.82) is 0 Å². The van der Waals surface area contributed by atoms with Crippen LogP contribution in [0.2, 0.25) is 0 Å². The van der Waals surface area contributed by atoms with Crippen LogP contribution in [-0.4, -0.2) is 42.2 Å². The fraction of sp³-hybridized carbons (Fsp3) is 0.667. The third-order valence-corrected chi connectivity index (χ3v) is 1.96. The lowest BCUT2D eigenvalue weighted by Gasteiger charge is -2.24. The minimum absolute atomic E-state index is 0.0312. The monoisotopic (exact) mass is 172 g/mol. The first-order chi connectivity index (χ1) is 5.52. The summed E-state index contributed by atoms with van der Waals surface area (Å²) in [5, 5.41) is 5.53. The van der Waals surface area contributed by atoms with Gasteiger partial charge in [-0.15, -0.1) is 0 Å². The molecule has 1 saturated heterocycles. The van der Waals surface area contributed by atoms with Gasteiger partial charge >= 0.3 is 6.03 Å². The number of nitrogens with one attached hydrogen (secondary N) is 1. The van der Waals surface area contributed by atoms with Gasteiger partial charge in [0, 0.05) is 14.1 Å². The number of hydrazine groups is 1. The molecule has 0 aliphatic carbocycles. The molecule has 0 aromatic carbocycles. The van der Waals surface area contributed by atoms with Gasteiger partial charge in [0.15, 0.2) is 0 Å². The highest BCUT2D eigenvalue weighted by Crippen LogP contribution is 2.12. The molecule has 0 aromatic heterocycles. The van der Waals surface area contributed by atoms with E-state index in [1.54, 1.807) is 19.1 Å². The maximum atomic E-state index is 11.1. The molecule has 0 spiro atoms. The Hall–Kier alpha value is -1.30. The fourth-order valence-corrected chi connectivity index (χ4v) is 1.12. The molecule has 1 heterocycles. The average molecular weight is 172 g/mol. The number of nitrogens with two attached hydrogens (primary N) is 1. The highest BCUT2D eigenvalue weighted by atomic mass is 16.2. The predicted molar refractivity (Wildman–Crippen MR) is 41.7 cm³/mol. The van der Waals surface area contributed by atoms with Crippen molar-refractivity contribution in [3.8, 4) is 0 Å². The summed E-state index contributed by atoms with van der Waals surface area (Å²) in [5.74, 6) is -0.0312. The van der Waals surface area contributed by atoms with Crippen LogP contribution in [0.5, 0.6) is 0 Å². The number of hydrogen-bond donors (Lipinski definition) is 2. The number of amides is 3. The van der Waals surface area contributed by atoms with Crippen LogP contribution in [0.25, 0.3) is 0 Å². The largest absolute Gasteiger partial charge is 0.352 e. The van der Waals surface area contributed by atoms with E-state index in [4.69, 9.17) is 5.73 Å². The SMILES string of the molecule is CN1C(=O)CC(NC(N)=O)N1C. The number of carbonyl (C=O) groups is 2. The Morgan fingerprint density at radius 2 is 2.25 bits per heavy atom. The predicted octanol–water partition coefficient (Wildman–Crippen LogP) is -1.31. The Morgan fingerprint density at radius 3 is 2.58 bits per heavy atom. The second-order valence-corrected chi connectivity index (χ2v) is 2.72. The first kappa shape index (κ1) is 8.79. The third-order valence-electron chi connectivity index (χ3n) is 1.96. The van der Waals surface area contributed by atoms with E-state index in [9.17, 15) is 9.59 Å². The van der Waals surface area contributed by atoms with E-state index in [1.807, 2.05) is 0 Å². The third kappa shape index (κ3) is 1.48. The normalized spacial score (nSPS) is 24.7. The highest BCUT2D eigenvalue weighted by molar-refractivity contribution is 5.79. The van der Waals surface area contributed by atoms with Gasteiger partial charge in [0.2, 0.25) is 5.91 Å². The summed E-state index contributed by atoms with van der Waals surface area (Å²) in [6.45, 7) is 0. The molecule has 68 valence electrons. The zero-order valence-corrected chi connectivity index (χ0v) is 7.07. The molecule has 12 heavy (non-hydrogen) atoms. The van der Waals surface area contributed by atoms with E-state index >= 15 is 0 Å². The van der Waals surface area contributed by atoms with Crippen LogP contribution in [0, 0.1) is 0 Å². The zero-order chi connectivity index (χ0) is 9.30. The number of nitrogens with zero attached hydrogens (tertiary/aromatic N) is 2. The molecular formula is C6H12N4O2. The molecule has 0 aromatic rings. The van der Waals surface area contributed by atoms with Gasteiger partial charge in [-0.25, -0.2) is 4.79 Å². The summed E-state index contributed by atoms with van der Waals surface area (Å²) in [6.07, 6.45) is -0.0318. The molecule has 0 bridgehead atoms. The van der Waals surface area contributed by atoms with Crippen molar-refractivity contribution in [3.63, 3.8) is 0 Å². The second kappa shape index (κ2) is 2.98. The van der Waals surface area contributed by atoms with Gasteiger partial charge in [0.1, 0.15) is 6.17 Å². The summed E-state index contributed by atoms with van der Waals surface area (Å²) >= 11 is 0. The molecule has 1 aliphatic heterocycles. The maximum Gasteiger partial charge on any atom is 0.313 e. The van der Waals surface area contributed by atoms with Crippen molar-refractivity contribution in [2.75, 3.05) is 14.1 Å². The average Bonchev–Trinajstić information content (AvgIpc) is 2.17. The molecule has 1 unspecified atom stereocenters. The van der Waals surface area contributed by atoms with Gasteiger partial charge in [0.05, 0.1) is 6.42 Å². The first-order valence-electron chi connectivity index (χ1n) is 3.57. The summed E-state index contributed by atoms with van der Waals surface area (Å²) in [4.78, 5) is 21.5. The van der Waals surface area contributed by atoms with Gasteiger partial charge in [-0.3, -0.25) is 9.80 Å². The van der Waals surface area contributed by atoms with Crippen LogP contribution in [-0.2, 0) is 4.79 Å². The van der Waals surface area contributed by atoms with Crippen LogP contribution < -0.4 is 11.1 Å². The fourth-order valence-electron chi connectivity index (χ4n) is 1.12. The van der Waals surface area contributed by atoms with Gasteiger partial charge in [-0.2, -0.15) is 5.01 Å². The minimum atomic E-state index is -0.616. The Balaban J connectivity index is 2.58. The maximum absolute atomic E-state index is 11.1. The van der Waals surface area contributed by atoms with E-state index in [0.29, 0.717) is 0 Å². The Labute approximate surface area is 70.3 Å². The summed E-state index contributed by atoms with van der Waals surface area (Å²) < 4.78 is 0. The molecule has 6 heteroatoms. The van der Waals surface area contributed by atoms with Gasteiger partial charge in [0.25, 0.3) is 0 Å². The van der Waals surface area contributed by atoms with E-state index in [2.05, 4.69) is 5.32 Å². The lowest BCUT2D eigenvalue weighted by atomic mass is 10.3. The summed E-state index contributed by atoms with van der Waals surface area (Å²) in [7, 11) is 3.36. The second-order valence-electron chi connectivity index (χ2n) is 2.72. The number of primary amides is 1. The van der Waals surface area contributed by atoms with Crippen LogP contribution in [0.1, 0.15) is 6.42 Å². The Bertz CT molecular complexity index is 216. The van der Waals surface area contributed by atoms with Crippen molar-refractivity contribution < 1.29 is 9.59 Å². The number of urea groups is 1. The van der Waals surface area contributed by atoms with E-state index in [0.717, 1.165) is 0 Å². The topological polar surface area (TPSA) is 78.7 Å². The first-order valence-corrected chi connectivity index (χ1v) is 3.57. The molecule has 0 radical (unpaired) electrons. The summed E-state index contributed by atoms with van der Waals surface area (Å²) in [6, 6.07) is -0.616. The van der Waals surface area contributed by atoms with Crippen molar-refractivity contribution >= 4 is 11.9 Å². The minimum Gasteiger partial charge on any atom is -0.352 e. The standard InChI is InChI=1S/C6H12N4O2/c1-9-4(8-6(7)12)3-5(11)10(9)2/h4H,3H2,1-2H3,(H3,7,8,12). The van der Waals surface area contributed by atoms with E-state index in [1.165, 1.54) is 5.01 Å². The Kier molecular flexibility index (Phi) is 2.18. The molecule has 6 nitrogen and oxygen atoms in total. The van der Waals surface area contributed by atoms with Gasteiger partial charge in [-0.05, 0) is 0 Å². The molecule has 3 N–H and O–H groups in total. The highest BCUT2D eigenvalue weighted by Gasteiger charge is 2.32. The number of carbonyl (C=O) groups excluding carboxylic acids is 2. The van der Waals surface area contributed by atoms with Crippen LogP contribution in [0.15, 0.2) is 0 Å². The van der Waals surface area contributed by atoms with E-state index < -0.39 is 6.03 Å². The molecule has 1 aliphatic rings. The summed E-state index contributed by atoms with van der Waals surface area (Å²) in [5.41, 5.74) is 4.92. The Morgan fingerprint density at radius 1 is 1.67 bits per heavy atom. The molecule has 3 amide bonds. The molecule has 1 atom stereocenters. The molecule has 0 saturated carbocycles. The molecule has 1 rings (SSSR count). The van der Waals surface area contributed by atoms with Gasteiger partial charge < -0.3 is 11.1 Å². The lowest BCUT2D eigenvalue weighted by molar-refractivity contribution is -0.134. The number of rotatable bonds is 1. The van der Waals surface area contributed by atoms with Crippen molar-refractivity contribution in [1.82, 2.24) is 15.3 Å². The van der Waals surface area contributed by atoms with Crippen molar-refractivity contribution in [2.24, 2.45) is 5.73 Å². The quantitative estimate of drug-likeness (QED) is 0.515. The smallest absolute Gasteiger partial charge is 0.313 e. The van der Waals surface area contributed by atoms with E-state index in [-0.39, 0.29) is 18.5 Å². The molecular weight excluding hydrogens is 160 g/mol. The van der Waals surface area contributed by atoms with Crippen molar-refractivity contribution in [2.45, 2.75) is 12.6 Å². The zero-order valence-electron chi connectivity index (χ0n) is 7.07. The van der Waals surface area contributed by atoms with Crippen LogP contribution in [0.3, 0.4) is 0 Å². The van der Waals surface area contributed by atoms with Crippen LogP contribution >= 0.6 is 0 Å². The van der Waals surface area contributed by atoms with Crippen LogP contribution in [0.4, 0.5) is 4.79 Å². The van der Waals surface area contributed by atoms with Gasteiger partial charge in [-0.1, -0.05) is 0 Å². The van der Waals surface area contributed by atoms with Crippen molar-refractivity contribution in [3.05, 3.63) is 0 Å².